The highest BCUT2D eigenvalue weighted by atomic mass is 79.9. The van der Waals surface area contributed by atoms with Gasteiger partial charge in [0.1, 0.15) is 17.6 Å². The monoisotopic (exact) mass is 470 g/mol. The molecule has 0 aliphatic heterocycles. The van der Waals surface area contributed by atoms with E-state index in [0.717, 1.165) is 11.3 Å². The maximum absolute atomic E-state index is 12.5. The first-order chi connectivity index (χ1) is 14.3. The normalized spacial score (nSPS) is 10.5. The highest BCUT2D eigenvalue weighted by Gasteiger charge is 2.21. The molecular weight excluding hydrogens is 452 g/mol. The van der Waals surface area contributed by atoms with E-state index in [-0.39, 0.29) is 11.3 Å². The lowest BCUT2D eigenvalue weighted by Crippen LogP contribution is -2.23. The molecule has 3 rings (SSSR count). The van der Waals surface area contributed by atoms with Gasteiger partial charge in [-0.1, -0.05) is 15.9 Å². The summed E-state index contributed by atoms with van der Waals surface area (Å²) in [6.07, 6.45) is 1.55. The molecule has 8 nitrogen and oxygen atoms in total. The summed E-state index contributed by atoms with van der Waals surface area (Å²) in [7, 11) is 0. The molecule has 0 radical (unpaired) electrons. The SMILES string of the molecule is Cc1c(C#N)c(NC(=O)COC(=O)c2cc(Br)ccc2N)n(Cc2ccco2)c1C. The molecule has 0 saturated heterocycles. The lowest BCUT2D eigenvalue weighted by molar-refractivity contribution is -0.119. The van der Waals surface area contributed by atoms with Crippen LogP contribution >= 0.6 is 15.9 Å². The van der Waals surface area contributed by atoms with Crippen LogP contribution in [0.1, 0.15) is 32.9 Å². The molecule has 9 heteroatoms. The summed E-state index contributed by atoms with van der Waals surface area (Å²) in [5.41, 5.74) is 8.10. The summed E-state index contributed by atoms with van der Waals surface area (Å²) in [4.78, 5) is 24.7. The summed E-state index contributed by atoms with van der Waals surface area (Å²) in [5.74, 6) is -0.300. The average molecular weight is 471 g/mol. The van der Waals surface area contributed by atoms with Crippen LogP contribution in [0.25, 0.3) is 0 Å². The quantitative estimate of drug-likeness (QED) is 0.417. The number of nitrogens with one attached hydrogen (secondary N) is 1. The van der Waals surface area contributed by atoms with Crippen molar-refractivity contribution in [3.63, 3.8) is 0 Å². The number of hydrogen-bond acceptors (Lipinski definition) is 6. The number of esters is 1. The first kappa shape index (κ1) is 21.2. The summed E-state index contributed by atoms with van der Waals surface area (Å²) in [5, 5.41) is 12.2. The number of anilines is 2. The highest BCUT2D eigenvalue weighted by molar-refractivity contribution is 9.10. The van der Waals surface area contributed by atoms with Crippen LogP contribution in [0.4, 0.5) is 11.5 Å². The third-order valence-corrected chi connectivity index (χ3v) is 5.16. The van der Waals surface area contributed by atoms with E-state index in [1.807, 2.05) is 6.92 Å². The minimum atomic E-state index is -0.720. The second kappa shape index (κ2) is 8.88. The lowest BCUT2D eigenvalue weighted by Gasteiger charge is -2.12. The number of ether oxygens (including phenoxy) is 1. The van der Waals surface area contributed by atoms with E-state index < -0.39 is 18.5 Å². The fourth-order valence-electron chi connectivity index (χ4n) is 2.97. The van der Waals surface area contributed by atoms with Gasteiger partial charge in [-0.05, 0) is 49.7 Å². The fraction of sp³-hybridized carbons (Fsp3) is 0.190. The van der Waals surface area contributed by atoms with Gasteiger partial charge in [-0.3, -0.25) is 4.79 Å². The van der Waals surface area contributed by atoms with Crippen LogP contribution < -0.4 is 11.1 Å². The smallest absolute Gasteiger partial charge is 0.340 e. The Kier molecular flexibility index (Phi) is 6.28. The summed E-state index contributed by atoms with van der Waals surface area (Å²) >= 11 is 3.26. The van der Waals surface area contributed by atoms with E-state index in [4.69, 9.17) is 14.9 Å². The molecule has 0 fully saturated rings. The lowest BCUT2D eigenvalue weighted by atomic mass is 10.2. The highest BCUT2D eigenvalue weighted by Crippen LogP contribution is 2.27. The Labute approximate surface area is 181 Å². The van der Waals surface area contributed by atoms with Crippen LogP contribution in [0.2, 0.25) is 0 Å². The van der Waals surface area contributed by atoms with Crippen LogP contribution in [0.3, 0.4) is 0 Å². The summed E-state index contributed by atoms with van der Waals surface area (Å²) in [6, 6.07) is 10.5. The number of nitriles is 1. The number of halogens is 1. The summed E-state index contributed by atoms with van der Waals surface area (Å²) < 4.78 is 12.9. The van der Waals surface area contributed by atoms with Crippen molar-refractivity contribution < 1.29 is 18.7 Å². The molecule has 1 amide bonds. The van der Waals surface area contributed by atoms with Crippen molar-refractivity contribution in [2.45, 2.75) is 20.4 Å². The number of benzene rings is 1. The molecule has 3 aromatic rings. The number of hydrogen-bond donors (Lipinski definition) is 2. The van der Waals surface area contributed by atoms with Crippen molar-refractivity contribution in [3.8, 4) is 6.07 Å². The number of carbonyl (C=O) groups excluding carboxylic acids is 2. The van der Waals surface area contributed by atoms with Gasteiger partial charge < -0.3 is 24.8 Å². The van der Waals surface area contributed by atoms with E-state index in [1.165, 1.54) is 6.07 Å². The van der Waals surface area contributed by atoms with Crippen LogP contribution in [-0.2, 0) is 16.1 Å². The number of nitrogens with zero attached hydrogens (tertiary/aromatic N) is 2. The Hall–Kier alpha value is -3.51. The largest absolute Gasteiger partial charge is 0.467 e. The molecule has 154 valence electrons. The molecule has 30 heavy (non-hydrogen) atoms. The first-order valence-electron chi connectivity index (χ1n) is 8.96. The molecule has 0 bridgehead atoms. The number of nitrogen functional groups attached to an aromatic ring is 1. The van der Waals surface area contributed by atoms with E-state index in [0.29, 0.717) is 28.2 Å². The van der Waals surface area contributed by atoms with Gasteiger partial charge in [-0.2, -0.15) is 5.26 Å². The van der Waals surface area contributed by atoms with Crippen LogP contribution in [0.15, 0.2) is 45.5 Å². The molecule has 2 aromatic heterocycles. The minimum Gasteiger partial charge on any atom is -0.467 e. The molecule has 0 unspecified atom stereocenters. The Bertz CT molecular complexity index is 1140. The topological polar surface area (TPSA) is 123 Å². The fourth-order valence-corrected chi connectivity index (χ4v) is 3.33. The second-order valence-corrected chi connectivity index (χ2v) is 7.48. The number of aromatic nitrogens is 1. The molecule has 0 saturated carbocycles. The first-order valence-corrected chi connectivity index (χ1v) is 9.75. The van der Waals surface area contributed by atoms with Crippen LogP contribution in [0.5, 0.6) is 0 Å². The maximum atomic E-state index is 12.5. The van der Waals surface area contributed by atoms with E-state index >= 15 is 0 Å². The van der Waals surface area contributed by atoms with Crippen LogP contribution in [0, 0.1) is 25.2 Å². The molecule has 1 aromatic carbocycles. The van der Waals surface area contributed by atoms with Gasteiger partial charge >= 0.3 is 5.97 Å². The maximum Gasteiger partial charge on any atom is 0.340 e. The second-order valence-electron chi connectivity index (χ2n) is 6.57. The summed E-state index contributed by atoms with van der Waals surface area (Å²) in [6.45, 7) is 3.47. The number of nitrogens with two attached hydrogens (primary N) is 1. The molecule has 2 heterocycles. The standard InChI is InChI=1S/C21H19BrN4O4/c1-12-13(2)26(10-15-4-3-7-29-15)20(17(12)9-23)25-19(27)11-30-21(28)16-8-14(22)5-6-18(16)24/h3-8H,10-11,24H2,1-2H3,(H,25,27). The molecule has 0 aliphatic carbocycles. The van der Waals surface area contributed by atoms with Crippen molar-refractivity contribution in [2.75, 3.05) is 17.7 Å². The third-order valence-electron chi connectivity index (χ3n) is 4.66. The van der Waals surface area contributed by atoms with Crippen molar-refractivity contribution in [1.29, 1.82) is 5.26 Å². The van der Waals surface area contributed by atoms with Crippen molar-refractivity contribution in [1.82, 2.24) is 4.57 Å². The van der Waals surface area contributed by atoms with E-state index in [1.54, 1.807) is 42.0 Å². The molecule has 0 spiro atoms. The molecular formula is C21H19BrN4O4. The van der Waals surface area contributed by atoms with Crippen molar-refractivity contribution in [2.24, 2.45) is 0 Å². The van der Waals surface area contributed by atoms with Gasteiger partial charge in [0, 0.05) is 15.9 Å². The van der Waals surface area contributed by atoms with Crippen LogP contribution in [-0.4, -0.2) is 23.1 Å². The van der Waals surface area contributed by atoms with Gasteiger partial charge in [0.05, 0.1) is 23.9 Å². The predicted molar refractivity (Wildman–Crippen MR) is 114 cm³/mol. The van der Waals surface area contributed by atoms with Gasteiger partial charge in [0.25, 0.3) is 5.91 Å². The third kappa shape index (κ3) is 4.39. The Balaban J connectivity index is 1.76. The zero-order valence-electron chi connectivity index (χ0n) is 16.4. The zero-order chi connectivity index (χ0) is 21.8. The number of carbonyl (C=O) groups is 2. The van der Waals surface area contributed by atoms with Gasteiger partial charge in [0.15, 0.2) is 6.61 Å². The molecule has 0 aliphatic rings. The Morgan fingerprint density at radius 1 is 1.33 bits per heavy atom. The van der Waals surface area contributed by atoms with Gasteiger partial charge in [0.2, 0.25) is 0 Å². The van der Waals surface area contributed by atoms with Gasteiger partial charge in [-0.25, -0.2) is 4.79 Å². The van der Waals surface area contributed by atoms with E-state index in [9.17, 15) is 14.9 Å². The number of amides is 1. The average Bonchev–Trinajstić information content (AvgIpc) is 3.31. The minimum absolute atomic E-state index is 0.155. The van der Waals surface area contributed by atoms with Crippen molar-refractivity contribution in [3.05, 3.63) is 69.2 Å². The van der Waals surface area contributed by atoms with E-state index in [2.05, 4.69) is 27.3 Å². The predicted octanol–water partition coefficient (Wildman–Crippen LogP) is 3.76. The van der Waals surface area contributed by atoms with Gasteiger partial charge in [-0.15, -0.1) is 0 Å². The number of rotatable bonds is 6. The Morgan fingerprint density at radius 2 is 2.10 bits per heavy atom. The zero-order valence-corrected chi connectivity index (χ0v) is 17.9. The van der Waals surface area contributed by atoms with Crippen molar-refractivity contribution >= 4 is 39.3 Å². The molecule has 0 atom stereocenters. The molecule has 3 N–H and O–H groups in total. The Morgan fingerprint density at radius 3 is 2.77 bits per heavy atom. The number of furan rings is 1.